The Morgan fingerprint density at radius 1 is 1.00 bits per heavy atom. The average molecular weight is 258 g/mol. The molecule has 0 aliphatic rings. The Balaban J connectivity index is 2.72. The van der Waals surface area contributed by atoms with Gasteiger partial charge in [-0.3, -0.25) is 0 Å². The summed E-state index contributed by atoms with van der Waals surface area (Å²) in [5.41, 5.74) is 1.53. The Kier molecular flexibility index (Phi) is 3.71. The normalized spacial score (nSPS) is 10.0. The van der Waals surface area contributed by atoms with Crippen LogP contribution in [0, 0.1) is 0 Å². The zero-order chi connectivity index (χ0) is 13.8. The minimum atomic E-state index is -1.05. The lowest BCUT2D eigenvalue weighted by Crippen LogP contribution is -2.05. The first-order chi connectivity index (χ1) is 9.19. The zero-order valence-electron chi connectivity index (χ0n) is 10.7. The minimum Gasteiger partial charge on any atom is -0.493 e. The Hall–Kier alpha value is -2.49. The molecular weight excluding hydrogens is 244 g/mol. The number of carbonyl (C=O) groups is 1. The van der Waals surface area contributed by atoms with Gasteiger partial charge in [0.1, 0.15) is 5.56 Å². The monoisotopic (exact) mass is 258 g/mol. The van der Waals surface area contributed by atoms with E-state index in [9.17, 15) is 9.90 Å². The topological polar surface area (TPSA) is 55.8 Å². The van der Waals surface area contributed by atoms with Gasteiger partial charge in [-0.15, -0.1) is 0 Å². The Morgan fingerprint density at radius 2 is 1.68 bits per heavy atom. The maximum atomic E-state index is 11.5. The van der Waals surface area contributed by atoms with Crippen molar-refractivity contribution in [2.75, 3.05) is 14.2 Å². The standard InChI is InChI=1S/C15H14O4/c1-18-12-9-8-11(10-6-4-3-5-7-10)13(15(16)17)14(12)19-2/h3-9H,1-2H3,(H,16,17). The van der Waals surface area contributed by atoms with Crippen LogP contribution < -0.4 is 9.47 Å². The highest BCUT2D eigenvalue weighted by Gasteiger charge is 2.21. The fourth-order valence-corrected chi connectivity index (χ4v) is 2.00. The van der Waals surface area contributed by atoms with E-state index in [1.165, 1.54) is 14.2 Å². The van der Waals surface area contributed by atoms with Gasteiger partial charge < -0.3 is 14.6 Å². The van der Waals surface area contributed by atoms with Gasteiger partial charge in [0.15, 0.2) is 11.5 Å². The van der Waals surface area contributed by atoms with Crippen LogP contribution in [-0.2, 0) is 0 Å². The highest BCUT2D eigenvalue weighted by molar-refractivity contribution is 6.00. The quantitative estimate of drug-likeness (QED) is 0.915. The van der Waals surface area contributed by atoms with E-state index in [2.05, 4.69) is 0 Å². The largest absolute Gasteiger partial charge is 0.493 e. The van der Waals surface area contributed by atoms with Crippen LogP contribution in [0.1, 0.15) is 10.4 Å². The lowest BCUT2D eigenvalue weighted by molar-refractivity contribution is 0.0693. The molecule has 0 aliphatic carbocycles. The number of rotatable bonds is 4. The van der Waals surface area contributed by atoms with Crippen LogP contribution in [0.15, 0.2) is 42.5 Å². The van der Waals surface area contributed by atoms with Crippen molar-refractivity contribution < 1.29 is 19.4 Å². The van der Waals surface area contributed by atoms with E-state index in [-0.39, 0.29) is 11.3 Å². The van der Waals surface area contributed by atoms with Crippen molar-refractivity contribution in [1.82, 2.24) is 0 Å². The second kappa shape index (κ2) is 5.44. The van der Waals surface area contributed by atoms with Crippen molar-refractivity contribution in [3.8, 4) is 22.6 Å². The van der Waals surface area contributed by atoms with Crippen LogP contribution in [0.25, 0.3) is 11.1 Å². The Morgan fingerprint density at radius 3 is 2.21 bits per heavy atom. The van der Waals surface area contributed by atoms with E-state index in [1.54, 1.807) is 12.1 Å². The number of carboxylic acid groups (broad SMARTS) is 1. The van der Waals surface area contributed by atoms with Crippen molar-refractivity contribution in [3.63, 3.8) is 0 Å². The maximum absolute atomic E-state index is 11.5. The molecule has 4 nitrogen and oxygen atoms in total. The van der Waals surface area contributed by atoms with Crippen LogP contribution in [0.3, 0.4) is 0 Å². The summed E-state index contributed by atoms with van der Waals surface area (Å²) < 4.78 is 10.3. The molecule has 0 aliphatic heterocycles. The van der Waals surface area contributed by atoms with Crippen LogP contribution >= 0.6 is 0 Å². The van der Waals surface area contributed by atoms with E-state index in [1.807, 2.05) is 30.3 Å². The molecule has 2 aromatic carbocycles. The molecule has 2 rings (SSSR count). The molecule has 0 radical (unpaired) electrons. The number of aromatic carboxylic acids is 1. The number of carboxylic acids is 1. The molecule has 0 amide bonds. The van der Waals surface area contributed by atoms with E-state index in [0.717, 1.165) is 5.56 Å². The minimum absolute atomic E-state index is 0.105. The van der Waals surface area contributed by atoms with Crippen molar-refractivity contribution >= 4 is 5.97 Å². The molecule has 0 atom stereocenters. The first kappa shape index (κ1) is 13.0. The molecule has 19 heavy (non-hydrogen) atoms. The Labute approximate surface area is 111 Å². The fourth-order valence-electron chi connectivity index (χ4n) is 2.00. The second-order valence-electron chi connectivity index (χ2n) is 3.89. The van der Waals surface area contributed by atoms with Gasteiger partial charge in [0.25, 0.3) is 0 Å². The molecule has 0 unspecified atom stereocenters. The molecule has 0 fully saturated rings. The smallest absolute Gasteiger partial charge is 0.340 e. The predicted molar refractivity (Wildman–Crippen MR) is 71.9 cm³/mol. The van der Waals surface area contributed by atoms with Crippen molar-refractivity contribution in [3.05, 3.63) is 48.0 Å². The number of methoxy groups -OCH3 is 2. The number of ether oxygens (including phenoxy) is 2. The zero-order valence-corrected chi connectivity index (χ0v) is 10.7. The van der Waals surface area contributed by atoms with E-state index in [4.69, 9.17) is 9.47 Å². The molecule has 1 N–H and O–H groups in total. The van der Waals surface area contributed by atoms with Gasteiger partial charge in [-0.2, -0.15) is 0 Å². The molecule has 0 spiro atoms. The third kappa shape index (κ3) is 2.38. The summed E-state index contributed by atoms with van der Waals surface area (Å²) in [6, 6.07) is 12.7. The SMILES string of the molecule is COc1ccc(-c2ccccc2)c(C(=O)O)c1OC. The summed E-state index contributed by atoms with van der Waals surface area (Å²) >= 11 is 0. The molecule has 2 aromatic rings. The highest BCUT2D eigenvalue weighted by atomic mass is 16.5. The van der Waals surface area contributed by atoms with Crippen molar-refractivity contribution in [1.29, 1.82) is 0 Å². The lowest BCUT2D eigenvalue weighted by atomic mass is 9.98. The third-order valence-corrected chi connectivity index (χ3v) is 2.84. The van der Waals surface area contributed by atoms with Gasteiger partial charge >= 0.3 is 5.97 Å². The van der Waals surface area contributed by atoms with Gasteiger partial charge in [-0.1, -0.05) is 30.3 Å². The third-order valence-electron chi connectivity index (χ3n) is 2.84. The fraction of sp³-hybridized carbons (Fsp3) is 0.133. The summed E-state index contributed by atoms with van der Waals surface area (Å²) in [6.07, 6.45) is 0. The van der Waals surface area contributed by atoms with E-state index < -0.39 is 5.97 Å². The second-order valence-corrected chi connectivity index (χ2v) is 3.89. The summed E-state index contributed by atoms with van der Waals surface area (Å²) in [5.74, 6) is -0.412. The highest BCUT2D eigenvalue weighted by Crippen LogP contribution is 2.37. The maximum Gasteiger partial charge on any atom is 0.340 e. The predicted octanol–water partition coefficient (Wildman–Crippen LogP) is 3.07. The van der Waals surface area contributed by atoms with Gasteiger partial charge in [-0.25, -0.2) is 4.79 Å². The number of benzene rings is 2. The summed E-state index contributed by atoms with van der Waals surface area (Å²) in [5, 5.41) is 9.42. The number of hydrogen-bond donors (Lipinski definition) is 1. The first-order valence-corrected chi connectivity index (χ1v) is 5.72. The molecule has 0 aromatic heterocycles. The summed E-state index contributed by atoms with van der Waals surface area (Å²) in [7, 11) is 2.91. The molecule has 4 heteroatoms. The van der Waals surface area contributed by atoms with Gasteiger partial charge in [-0.05, 0) is 17.7 Å². The Bertz CT molecular complexity index is 591. The van der Waals surface area contributed by atoms with Crippen molar-refractivity contribution in [2.45, 2.75) is 0 Å². The van der Waals surface area contributed by atoms with Gasteiger partial charge in [0.05, 0.1) is 14.2 Å². The van der Waals surface area contributed by atoms with E-state index in [0.29, 0.717) is 11.3 Å². The van der Waals surface area contributed by atoms with Crippen LogP contribution in [0.5, 0.6) is 11.5 Å². The summed E-state index contributed by atoms with van der Waals surface area (Å²) in [6.45, 7) is 0. The molecule has 0 saturated heterocycles. The van der Waals surface area contributed by atoms with Crippen LogP contribution in [0.2, 0.25) is 0 Å². The molecule has 98 valence electrons. The number of hydrogen-bond acceptors (Lipinski definition) is 3. The lowest BCUT2D eigenvalue weighted by Gasteiger charge is -2.14. The van der Waals surface area contributed by atoms with Gasteiger partial charge in [0.2, 0.25) is 0 Å². The van der Waals surface area contributed by atoms with Crippen molar-refractivity contribution in [2.24, 2.45) is 0 Å². The summed E-state index contributed by atoms with van der Waals surface area (Å²) in [4.78, 5) is 11.5. The molecular formula is C15H14O4. The van der Waals surface area contributed by atoms with Crippen LogP contribution in [-0.4, -0.2) is 25.3 Å². The molecule has 0 bridgehead atoms. The van der Waals surface area contributed by atoms with Crippen LogP contribution in [0.4, 0.5) is 0 Å². The molecule has 0 saturated carbocycles. The average Bonchev–Trinajstić information content (AvgIpc) is 2.46. The first-order valence-electron chi connectivity index (χ1n) is 5.72. The molecule has 0 heterocycles. The van der Waals surface area contributed by atoms with Gasteiger partial charge in [0, 0.05) is 5.56 Å². The van der Waals surface area contributed by atoms with E-state index >= 15 is 0 Å².